The quantitative estimate of drug-likeness (QED) is 0.367. The second kappa shape index (κ2) is 9.53. The van der Waals surface area contributed by atoms with E-state index in [0.717, 1.165) is 15.6 Å². The molecule has 0 aromatic heterocycles. The summed E-state index contributed by atoms with van der Waals surface area (Å²) in [6.45, 7) is 6.35. The molecule has 0 bridgehead atoms. The maximum Gasteiger partial charge on any atom is 0.658 e. The first-order valence-corrected chi connectivity index (χ1v) is 17.0. The van der Waals surface area contributed by atoms with Gasteiger partial charge in [0.1, 0.15) is 0 Å². The van der Waals surface area contributed by atoms with Crippen LogP contribution < -0.4 is 15.6 Å². The lowest BCUT2D eigenvalue weighted by atomic mass is 10.3. The van der Waals surface area contributed by atoms with Crippen LogP contribution in [0.1, 0.15) is 0 Å². The van der Waals surface area contributed by atoms with E-state index >= 15 is 0 Å². The van der Waals surface area contributed by atoms with E-state index in [0.29, 0.717) is 0 Å². The fraction of sp³-hybridized carbons (Fsp3) is 0.217. The van der Waals surface area contributed by atoms with Gasteiger partial charge < -0.3 is 17.1 Å². The van der Waals surface area contributed by atoms with Gasteiger partial charge >= 0.3 is 9.05 Å². The largest absolute Gasteiger partial charge is 0.658 e. The molecule has 0 aliphatic heterocycles. The van der Waals surface area contributed by atoms with Gasteiger partial charge in [0, 0.05) is 14.2 Å². The Morgan fingerprint density at radius 1 is 0.500 bits per heavy atom. The van der Waals surface area contributed by atoms with Crippen molar-refractivity contribution in [1.82, 2.24) is 0 Å². The molecule has 4 nitrogen and oxygen atoms in total. The highest BCUT2D eigenvalue weighted by Crippen LogP contribution is 2.22. The molecule has 0 atom stereocenters. The lowest BCUT2D eigenvalue weighted by Crippen LogP contribution is -2.75. The molecule has 3 aromatic rings. The molecule has 0 radical (unpaired) electrons. The minimum absolute atomic E-state index is 1.12. The lowest BCUT2D eigenvalue weighted by Gasteiger charge is -2.41. The number of hydrogen-bond acceptors (Lipinski definition) is 4. The van der Waals surface area contributed by atoms with Crippen LogP contribution in [0.3, 0.4) is 0 Å². The number of rotatable bonds is 9. The maximum atomic E-state index is 7.10. The molecule has 0 saturated heterocycles. The highest BCUT2D eigenvalue weighted by molar-refractivity contribution is 7.09. The molecular weight excluding hydrogens is 425 g/mol. The molecular formula is C23H30O4Si3. The summed E-state index contributed by atoms with van der Waals surface area (Å²) in [5.74, 6) is 0. The summed E-state index contributed by atoms with van der Waals surface area (Å²) < 4.78 is 25.4. The van der Waals surface area contributed by atoms with E-state index in [1.54, 1.807) is 14.2 Å². The zero-order chi connectivity index (χ0) is 21.7. The fourth-order valence-electron chi connectivity index (χ4n) is 3.53. The van der Waals surface area contributed by atoms with Crippen LogP contribution in [-0.4, -0.2) is 39.9 Å². The molecule has 30 heavy (non-hydrogen) atoms. The van der Waals surface area contributed by atoms with E-state index in [1.807, 2.05) is 18.2 Å². The summed E-state index contributed by atoms with van der Waals surface area (Å²) in [7, 11) is -5.22. The first kappa shape index (κ1) is 22.8. The van der Waals surface area contributed by atoms with Crippen LogP contribution in [0.15, 0.2) is 91.0 Å². The molecule has 0 saturated carbocycles. The van der Waals surface area contributed by atoms with Crippen LogP contribution in [-0.2, 0) is 17.1 Å². The third-order valence-electron chi connectivity index (χ3n) is 4.75. The van der Waals surface area contributed by atoms with Crippen LogP contribution >= 0.6 is 0 Å². The fourth-order valence-corrected chi connectivity index (χ4v) is 14.5. The van der Waals surface area contributed by atoms with Crippen LogP contribution in [0.5, 0.6) is 0 Å². The summed E-state index contributed by atoms with van der Waals surface area (Å²) in [5, 5.41) is 3.35. The SMILES string of the molecule is CO[Si](OC)(O[Si](C)(C)C)O[Si](c1ccccc1)(c1ccccc1)c1ccccc1. The average molecular weight is 455 g/mol. The zero-order valence-corrected chi connectivity index (χ0v) is 21.3. The van der Waals surface area contributed by atoms with Crippen molar-refractivity contribution in [2.75, 3.05) is 14.2 Å². The summed E-state index contributed by atoms with van der Waals surface area (Å²) in [5.41, 5.74) is 0. The third kappa shape index (κ3) is 4.89. The Hall–Kier alpha value is -1.85. The van der Waals surface area contributed by atoms with Gasteiger partial charge in [-0.2, -0.15) is 0 Å². The van der Waals surface area contributed by atoms with E-state index in [9.17, 15) is 0 Å². The Morgan fingerprint density at radius 2 is 0.833 bits per heavy atom. The molecule has 0 spiro atoms. The molecule has 0 unspecified atom stereocenters. The van der Waals surface area contributed by atoms with Crippen LogP contribution in [0, 0.1) is 0 Å². The van der Waals surface area contributed by atoms with E-state index in [2.05, 4.69) is 92.4 Å². The average Bonchev–Trinajstić information content (AvgIpc) is 2.78. The molecule has 0 amide bonds. The first-order valence-electron chi connectivity index (χ1n) is 10.0. The van der Waals surface area contributed by atoms with Gasteiger partial charge in [-0.1, -0.05) is 91.0 Å². The van der Waals surface area contributed by atoms with Gasteiger partial charge in [-0.05, 0) is 35.2 Å². The molecule has 3 rings (SSSR count). The molecule has 7 heteroatoms. The van der Waals surface area contributed by atoms with E-state index in [-0.39, 0.29) is 0 Å². The topological polar surface area (TPSA) is 36.9 Å². The normalized spacial score (nSPS) is 12.7. The van der Waals surface area contributed by atoms with Gasteiger partial charge in [0.25, 0.3) is 8.32 Å². The molecule has 0 heterocycles. The molecule has 0 aliphatic rings. The maximum absolute atomic E-state index is 7.10. The Labute approximate surface area is 183 Å². The summed E-state index contributed by atoms with van der Waals surface area (Å²) in [4.78, 5) is 0. The lowest BCUT2D eigenvalue weighted by molar-refractivity contribution is 0.0793. The van der Waals surface area contributed by atoms with E-state index < -0.39 is 25.7 Å². The minimum Gasteiger partial charge on any atom is -0.395 e. The van der Waals surface area contributed by atoms with Crippen LogP contribution in [0.4, 0.5) is 0 Å². The van der Waals surface area contributed by atoms with Crippen LogP contribution in [0.25, 0.3) is 0 Å². The Bertz CT molecular complexity index is 815. The molecule has 158 valence electrons. The highest BCUT2D eigenvalue weighted by atomic mass is 28.5. The van der Waals surface area contributed by atoms with Crippen molar-refractivity contribution in [3.8, 4) is 0 Å². The Morgan fingerprint density at radius 3 is 1.10 bits per heavy atom. The third-order valence-corrected chi connectivity index (χ3v) is 14.9. The van der Waals surface area contributed by atoms with Crippen molar-refractivity contribution < 1.29 is 17.1 Å². The zero-order valence-electron chi connectivity index (χ0n) is 18.3. The van der Waals surface area contributed by atoms with Gasteiger partial charge in [0.05, 0.1) is 0 Å². The number of benzene rings is 3. The predicted octanol–water partition coefficient (Wildman–Crippen LogP) is 3.25. The summed E-state index contributed by atoms with van der Waals surface area (Å²) >= 11 is 0. The van der Waals surface area contributed by atoms with E-state index in [1.165, 1.54) is 0 Å². The van der Waals surface area contributed by atoms with Crippen LogP contribution in [0.2, 0.25) is 19.6 Å². The molecule has 0 fully saturated rings. The molecule has 0 aliphatic carbocycles. The van der Waals surface area contributed by atoms with Gasteiger partial charge in [0.2, 0.25) is 0 Å². The van der Waals surface area contributed by atoms with Gasteiger partial charge in [0.15, 0.2) is 8.32 Å². The van der Waals surface area contributed by atoms with Crippen molar-refractivity contribution in [3.05, 3.63) is 91.0 Å². The summed E-state index contributed by atoms with van der Waals surface area (Å²) in [6.07, 6.45) is 0. The standard InChI is InChI=1S/C23H30O4Si3/c1-24-30(25-2,26-28(3,4)5)27-29(21-15-9-6-10-16-21,22-17-11-7-12-18-22)23-19-13-8-14-20-23/h6-20H,1-5H3. The van der Waals surface area contributed by atoms with Gasteiger partial charge in [-0.25, -0.2) is 0 Å². The van der Waals surface area contributed by atoms with Crippen molar-refractivity contribution >= 4 is 41.2 Å². The number of hydrogen-bond donors (Lipinski definition) is 0. The minimum atomic E-state index is -3.44. The van der Waals surface area contributed by atoms with Gasteiger partial charge in [-0.3, -0.25) is 0 Å². The second-order valence-electron chi connectivity index (χ2n) is 8.00. The van der Waals surface area contributed by atoms with Gasteiger partial charge in [-0.15, -0.1) is 0 Å². The second-order valence-corrected chi connectivity index (χ2v) is 18.8. The molecule has 3 aromatic carbocycles. The van der Waals surface area contributed by atoms with Crippen molar-refractivity contribution in [3.63, 3.8) is 0 Å². The van der Waals surface area contributed by atoms with Crippen molar-refractivity contribution in [1.29, 1.82) is 0 Å². The monoisotopic (exact) mass is 454 g/mol. The Kier molecular flexibility index (Phi) is 7.25. The molecule has 0 N–H and O–H groups in total. The first-order chi connectivity index (χ1) is 14.4. The van der Waals surface area contributed by atoms with Crippen molar-refractivity contribution in [2.45, 2.75) is 19.6 Å². The smallest absolute Gasteiger partial charge is 0.395 e. The van der Waals surface area contributed by atoms with E-state index in [4.69, 9.17) is 17.1 Å². The highest BCUT2D eigenvalue weighted by Gasteiger charge is 2.56. The summed E-state index contributed by atoms with van der Waals surface area (Å²) in [6, 6.07) is 31.1. The Balaban J connectivity index is 2.31. The van der Waals surface area contributed by atoms with Crippen molar-refractivity contribution in [2.24, 2.45) is 0 Å². The predicted molar refractivity (Wildman–Crippen MR) is 129 cm³/mol.